The molecule has 0 bridgehead atoms. The van der Waals surface area contributed by atoms with E-state index in [0.717, 1.165) is 12.1 Å². The normalized spacial score (nSPS) is 18.7. The van der Waals surface area contributed by atoms with E-state index >= 15 is 0 Å². The van der Waals surface area contributed by atoms with Crippen LogP contribution in [0.15, 0.2) is 17.0 Å². The third-order valence-electron chi connectivity index (χ3n) is 6.16. The number of carbonyl (C=O) groups excluding carboxylic acids is 2. The largest absolute Gasteiger partial charge is 0.493 e. The molecular formula is C23H35FN4O6S. The van der Waals surface area contributed by atoms with E-state index in [9.17, 15) is 22.4 Å². The molecule has 1 atom stereocenters. The highest BCUT2D eigenvalue weighted by Gasteiger charge is 2.34. The summed E-state index contributed by atoms with van der Waals surface area (Å²) in [7, 11) is -3.18. The molecule has 2 saturated heterocycles. The Morgan fingerprint density at radius 3 is 2.49 bits per heavy atom. The van der Waals surface area contributed by atoms with Crippen LogP contribution >= 0.6 is 0 Å². The number of nitrogens with one attached hydrogen (secondary N) is 1. The molecule has 3 N–H and O–H groups in total. The van der Waals surface area contributed by atoms with Gasteiger partial charge in [0, 0.05) is 38.7 Å². The number of hydrogen-bond donors (Lipinski definition) is 2. The SMILES string of the molecule is COc1c(N2CCCCC2=O)cc(F)cc1S(=O)(=O)N[C@@H](CN)C(=O)N1CCC(OC(C)C)CC1. The fourth-order valence-corrected chi connectivity index (χ4v) is 5.89. The summed E-state index contributed by atoms with van der Waals surface area (Å²) in [6.07, 6.45) is 3.09. The molecule has 2 heterocycles. The van der Waals surface area contributed by atoms with Gasteiger partial charge in [-0.3, -0.25) is 9.59 Å². The maximum Gasteiger partial charge on any atom is 0.245 e. The highest BCUT2D eigenvalue weighted by Crippen LogP contribution is 2.37. The molecule has 0 spiro atoms. The van der Waals surface area contributed by atoms with Crippen LogP contribution in [0.4, 0.5) is 10.1 Å². The minimum atomic E-state index is -4.43. The van der Waals surface area contributed by atoms with Crippen molar-refractivity contribution in [2.24, 2.45) is 5.73 Å². The fourth-order valence-electron chi connectivity index (χ4n) is 4.49. The van der Waals surface area contributed by atoms with Crippen LogP contribution in [0.1, 0.15) is 46.0 Å². The molecule has 1 aromatic carbocycles. The molecule has 0 radical (unpaired) electrons. The summed E-state index contributed by atoms with van der Waals surface area (Å²) in [5.41, 5.74) is 5.81. The van der Waals surface area contributed by atoms with Gasteiger partial charge in [0.15, 0.2) is 5.75 Å². The average molecular weight is 515 g/mol. The predicted molar refractivity (Wildman–Crippen MR) is 128 cm³/mol. The van der Waals surface area contributed by atoms with Gasteiger partial charge in [0.2, 0.25) is 21.8 Å². The summed E-state index contributed by atoms with van der Waals surface area (Å²) >= 11 is 0. The predicted octanol–water partition coefficient (Wildman–Crippen LogP) is 1.37. The lowest BCUT2D eigenvalue weighted by molar-refractivity contribution is -0.136. The van der Waals surface area contributed by atoms with Crippen LogP contribution in [0.25, 0.3) is 0 Å². The number of carbonyl (C=O) groups is 2. The fraction of sp³-hybridized carbons (Fsp3) is 0.652. The van der Waals surface area contributed by atoms with E-state index in [1.165, 1.54) is 12.0 Å². The highest BCUT2D eigenvalue weighted by molar-refractivity contribution is 7.89. The molecule has 1 aromatic rings. The van der Waals surface area contributed by atoms with E-state index in [-0.39, 0.29) is 42.5 Å². The number of halogens is 1. The van der Waals surface area contributed by atoms with Crippen LogP contribution in [0.3, 0.4) is 0 Å². The number of anilines is 1. The number of methoxy groups -OCH3 is 1. The first-order chi connectivity index (χ1) is 16.6. The lowest BCUT2D eigenvalue weighted by atomic mass is 10.1. The Bertz CT molecular complexity index is 1030. The Balaban J connectivity index is 1.82. The number of nitrogens with two attached hydrogens (primary N) is 1. The quantitative estimate of drug-likeness (QED) is 0.509. The molecule has 10 nitrogen and oxygen atoms in total. The maximum absolute atomic E-state index is 14.6. The number of amides is 2. The standard InChI is InChI=1S/C23H35FN4O6S/c1-15(2)34-17-7-10-27(11-8-17)23(30)18(14-25)26-35(31,32)20-13-16(24)12-19(22(20)33-3)28-9-5-4-6-21(28)29/h12-13,15,17-18,26H,4-11,14,25H2,1-3H3/t18-/m0/s1. The van der Waals surface area contributed by atoms with Crippen LogP contribution in [0.2, 0.25) is 0 Å². The Kier molecular flexibility index (Phi) is 9.08. The van der Waals surface area contributed by atoms with Crippen molar-refractivity contribution in [1.29, 1.82) is 0 Å². The van der Waals surface area contributed by atoms with Gasteiger partial charge < -0.3 is 25.0 Å². The Morgan fingerprint density at radius 2 is 1.91 bits per heavy atom. The first-order valence-corrected chi connectivity index (χ1v) is 13.4. The van der Waals surface area contributed by atoms with Gasteiger partial charge in [-0.1, -0.05) is 0 Å². The summed E-state index contributed by atoms with van der Waals surface area (Å²) in [4.78, 5) is 27.9. The summed E-state index contributed by atoms with van der Waals surface area (Å²) in [5.74, 6) is -1.70. The first kappa shape index (κ1) is 27.3. The first-order valence-electron chi connectivity index (χ1n) is 11.9. The molecule has 0 unspecified atom stereocenters. The summed E-state index contributed by atoms with van der Waals surface area (Å²) < 4.78 is 54.6. The minimum Gasteiger partial charge on any atom is -0.493 e. The summed E-state index contributed by atoms with van der Waals surface area (Å²) in [6, 6.07) is 0.651. The highest BCUT2D eigenvalue weighted by atomic mass is 32.2. The van der Waals surface area contributed by atoms with Gasteiger partial charge in [-0.25, -0.2) is 12.8 Å². The maximum atomic E-state index is 14.6. The van der Waals surface area contributed by atoms with Crippen LogP contribution < -0.4 is 20.1 Å². The lowest BCUT2D eigenvalue weighted by Gasteiger charge is -2.34. The second kappa shape index (κ2) is 11.6. The number of piperidine rings is 2. The smallest absolute Gasteiger partial charge is 0.245 e. The number of hydrogen-bond acceptors (Lipinski definition) is 7. The lowest BCUT2D eigenvalue weighted by Crippen LogP contribution is -2.54. The van der Waals surface area contributed by atoms with Gasteiger partial charge in [-0.2, -0.15) is 4.72 Å². The van der Waals surface area contributed by atoms with Crippen molar-refractivity contribution in [3.63, 3.8) is 0 Å². The average Bonchev–Trinajstić information content (AvgIpc) is 2.82. The van der Waals surface area contributed by atoms with Crippen LogP contribution in [0, 0.1) is 5.82 Å². The second-order valence-electron chi connectivity index (χ2n) is 9.08. The van der Waals surface area contributed by atoms with E-state index in [0.29, 0.717) is 45.3 Å². The van der Waals surface area contributed by atoms with Crippen molar-refractivity contribution in [3.05, 3.63) is 17.9 Å². The zero-order valence-electron chi connectivity index (χ0n) is 20.5. The number of sulfonamides is 1. The molecule has 0 aromatic heterocycles. The Labute approximate surface area is 206 Å². The molecule has 196 valence electrons. The van der Waals surface area contributed by atoms with E-state index < -0.39 is 32.7 Å². The molecule has 3 rings (SSSR count). The zero-order chi connectivity index (χ0) is 25.8. The Morgan fingerprint density at radius 1 is 1.23 bits per heavy atom. The van der Waals surface area contributed by atoms with Crippen molar-refractivity contribution in [1.82, 2.24) is 9.62 Å². The molecule has 35 heavy (non-hydrogen) atoms. The summed E-state index contributed by atoms with van der Waals surface area (Å²) in [6.45, 7) is 4.77. The van der Waals surface area contributed by atoms with Crippen LogP contribution in [-0.4, -0.2) is 76.7 Å². The number of rotatable bonds is 9. The van der Waals surface area contributed by atoms with Crippen molar-refractivity contribution < 1.29 is 31.9 Å². The Hall–Kier alpha value is -2.28. The van der Waals surface area contributed by atoms with Crippen molar-refractivity contribution >= 4 is 27.5 Å². The molecule has 2 aliphatic heterocycles. The van der Waals surface area contributed by atoms with E-state index in [1.54, 1.807) is 4.90 Å². The number of benzene rings is 1. The van der Waals surface area contributed by atoms with E-state index in [1.807, 2.05) is 13.8 Å². The van der Waals surface area contributed by atoms with Crippen molar-refractivity contribution in [2.75, 3.05) is 38.2 Å². The van der Waals surface area contributed by atoms with Crippen LogP contribution in [-0.2, 0) is 24.3 Å². The van der Waals surface area contributed by atoms with Gasteiger partial charge in [-0.15, -0.1) is 0 Å². The zero-order valence-corrected chi connectivity index (χ0v) is 21.3. The van der Waals surface area contributed by atoms with Gasteiger partial charge in [0.25, 0.3) is 0 Å². The molecule has 0 aliphatic carbocycles. The second-order valence-corrected chi connectivity index (χ2v) is 10.8. The number of likely N-dealkylation sites (tertiary alicyclic amines) is 1. The third-order valence-corrected chi connectivity index (χ3v) is 7.63. The topological polar surface area (TPSA) is 131 Å². The van der Waals surface area contributed by atoms with Crippen molar-refractivity contribution in [3.8, 4) is 5.75 Å². The summed E-state index contributed by atoms with van der Waals surface area (Å²) in [5, 5.41) is 0. The van der Waals surface area contributed by atoms with Gasteiger partial charge >= 0.3 is 0 Å². The molecule has 2 amide bonds. The van der Waals surface area contributed by atoms with Gasteiger partial charge in [0.1, 0.15) is 16.8 Å². The number of ether oxygens (including phenoxy) is 2. The monoisotopic (exact) mass is 514 g/mol. The van der Waals surface area contributed by atoms with Gasteiger partial charge in [-0.05, 0) is 45.6 Å². The minimum absolute atomic E-state index is 0.0412. The molecular weight excluding hydrogens is 479 g/mol. The third kappa shape index (κ3) is 6.49. The molecule has 12 heteroatoms. The number of nitrogens with zero attached hydrogens (tertiary/aromatic N) is 2. The van der Waals surface area contributed by atoms with Crippen LogP contribution in [0.5, 0.6) is 5.75 Å². The van der Waals surface area contributed by atoms with E-state index in [4.69, 9.17) is 15.2 Å². The van der Waals surface area contributed by atoms with Crippen molar-refractivity contribution in [2.45, 2.75) is 69.1 Å². The molecule has 0 saturated carbocycles. The van der Waals surface area contributed by atoms with E-state index in [2.05, 4.69) is 4.72 Å². The molecule has 2 aliphatic rings. The van der Waals surface area contributed by atoms with Gasteiger partial charge in [0.05, 0.1) is 25.0 Å². The molecule has 2 fully saturated rings.